The van der Waals surface area contributed by atoms with Gasteiger partial charge in [-0.2, -0.15) is 0 Å². The van der Waals surface area contributed by atoms with E-state index < -0.39 is 11.9 Å². The summed E-state index contributed by atoms with van der Waals surface area (Å²) in [6, 6.07) is 4.35. The molecule has 0 amide bonds. The molecule has 0 bridgehead atoms. The molecule has 0 atom stereocenters. The number of aryl methyl sites for hydroxylation is 1. The van der Waals surface area contributed by atoms with E-state index in [1.165, 1.54) is 76.3 Å². The number of hydrogen-bond donors (Lipinski definition) is 0. The van der Waals surface area contributed by atoms with Crippen LogP contribution in [-0.2, 0) is 11.2 Å². The van der Waals surface area contributed by atoms with Crippen molar-refractivity contribution in [3.8, 4) is 0 Å². The van der Waals surface area contributed by atoms with Crippen molar-refractivity contribution in [1.82, 2.24) is 0 Å². The third kappa shape index (κ3) is 20.8. The maximum Gasteiger partial charge on any atom is 0.0724 e. The van der Waals surface area contributed by atoms with Crippen LogP contribution in [0.4, 0.5) is 0 Å². The summed E-state index contributed by atoms with van der Waals surface area (Å²) in [4.78, 5) is 22.1. The van der Waals surface area contributed by atoms with E-state index in [0.717, 1.165) is 32.3 Å². The quantitative estimate of drug-likeness (QED) is 0.0919. The summed E-state index contributed by atoms with van der Waals surface area (Å²) in [5, 5.41) is 22.1. The first-order chi connectivity index (χ1) is 18.5. The molecule has 0 aliphatic rings. The normalized spacial score (nSPS) is 10.5. The zero-order chi connectivity index (χ0) is 28.3. The van der Waals surface area contributed by atoms with Gasteiger partial charge in [0, 0.05) is 24.3 Å². The van der Waals surface area contributed by atoms with Gasteiger partial charge >= 0.3 is 121 Å². The number of unbranched alkanes of at least 4 members (excludes halogenated alkanes) is 12. The Balaban J connectivity index is 0.000000739. The van der Waals surface area contributed by atoms with Crippen molar-refractivity contribution < 1.29 is 24.5 Å². The summed E-state index contributed by atoms with van der Waals surface area (Å²) < 4.78 is 8.73. The van der Waals surface area contributed by atoms with E-state index in [0.29, 0.717) is 18.6 Å². The molecule has 0 saturated heterocycles. The number of hydrogen-bond acceptors (Lipinski definition) is 5. The fraction of sp³-hybridized carbons (Fsp3) is 0.750. The second-order valence-electron chi connectivity index (χ2n) is 10.1. The van der Waals surface area contributed by atoms with Crippen LogP contribution in [0.2, 0.25) is 8.87 Å². The first-order valence-corrected chi connectivity index (χ1v) is 19.4. The van der Waals surface area contributed by atoms with Crippen molar-refractivity contribution >= 4 is 33.1 Å². The van der Waals surface area contributed by atoms with Gasteiger partial charge in [-0.15, -0.1) is 0 Å². The predicted octanol–water partition coefficient (Wildman–Crippen LogP) is 6.80. The Morgan fingerprint density at radius 3 is 1.71 bits per heavy atom. The molecule has 0 unspecified atom stereocenters. The number of ether oxygens (including phenoxy) is 1. The van der Waals surface area contributed by atoms with Gasteiger partial charge in [0.05, 0.1) is 11.9 Å². The number of aromatic carboxylic acids is 2. The Morgan fingerprint density at radius 2 is 1.18 bits per heavy atom. The number of rotatable bonds is 24. The fourth-order valence-electron chi connectivity index (χ4n) is 4.27. The van der Waals surface area contributed by atoms with Crippen molar-refractivity contribution in [3.63, 3.8) is 0 Å². The summed E-state index contributed by atoms with van der Waals surface area (Å²) in [5.74, 6) is -2.98. The molecule has 6 heteroatoms. The minimum Gasteiger partial charge on any atom is -0.545 e. The van der Waals surface area contributed by atoms with Crippen molar-refractivity contribution in [1.29, 1.82) is 0 Å². The summed E-state index contributed by atoms with van der Waals surface area (Å²) in [7, 11) is 0. The van der Waals surface area contributed by atoms with Gasteiger partial charge in [-0.1, -0.05) is 31.5 Å². The molecule has 0 spiro atoms. The fourth-order valence-corrected chi connectivity index (χ4v) is 7.84. The maximum absolute atomic E-state index is 11.1. The van der Waals surface area contributed by atoms with Crippen molar-refractivity contribution in [2.24, 2.45) is 0 Å². The first kappa shape index (κ1) is 36.9. The Labute approximate surface area is 243 Å². The zero-order valence-electron chi connectivity index (χ0n) is 24.6. The largest absolute Gasteiger partial charge is 0.545 e. The molecule has 5 nitrogen and oxygen atoms in total. The minimum absolute atomic E-state index is 0.0736. The van der Waals surface area contributed by atoms with E-state index in [1.807, 2.05) is 0 Å². The Bertz CT molecular complexity index is 693. The molecular formula is C32H54O5Sn. The number of carbonyl (C=O) groups is 2. The van der Waals surface area contributed by atoms with E-state index in [2.05, 4.69) is 20.8 Å². The van der Waals surface area contributed by atoms with Crippen LogP contribution in [0.25, 0.3) is 0 Å². The molecule has 0 heterocycles. The standard InChI is InChI=1S/C16H22O5.2C8H17.Sn/c1-2-3-10-21-11-5-4-7-12-8-6-9-13(15(17)18)14(12)16(19)20;2*1-3-5-7-8-6-4-2;/h6,8-9H,2-5,7,10-11H2,1H3,(H,17,18)(H,19,20);2*1,3-8H2,2H3;/q;;;+2/p-2. The zero-order valence-corrected chi connectivity index (χ0v) is 27.5. The molecule has 38 heavy (non-hydrogen) atoms. The monoisotopic (exact) mass is 638 g/mol. The molecule has 0 N–H and O–H groups in total. The molecule has 0 aromatic heterocycles. The molecule has 0 aliphatic carbocycles. The van der Waals surface area contributed by atoms with Gasteiger partial charge in [-0.05, 0) is 31.2 Å². The van der Waals surface area contributed by atoms with Crippen LogP contribution in [0.15, 0.2) is 18.2 Å². The summed E-state index contributed by atoms with van der Waals surface area (Å²) in [6.07, 6.45) is 21.9. The van der Waals surface area contributed by atoms with Crippen LogP contribution in [0, 0.1) is 0 Å². The molecule has 1 aromatic rings. The number of carboxylic acids is 2. The maximum atomic E-state index is 11.1. The molecule has 216 valence electrons. The molecule has 0 radical (unpaired) electrons. The van der Waals surface area contributed by atoms with Crippen molar-refractivity contribution in [3.05, 3.63) is 34.9 Å². The molecule has 1 rings (SSSR count). The molecule has 0 fully saturated rings. The van der Waals surface area contributed by atoms with Crippen LogP contribution >= 0.6 is 0 Å². The minimum atomic E-state index is -1.50. The van der Waals surface area contributed by atoms with E-state index in [4.69, 9.17) is 4.74 Å². The van der Waals surface area contributed by atoms with Crippen LogP contribution in [0.3, 0.4) is 0 Å². The first-order valence-electron chi connectivity index (χ1n) is 15.3. The van der Waals surface area contributed by atoms with Gasteiger partial charge in [-0.3, -0.25) is 0 Å². The molecule has 1 aromatic carbocycles. The van der Waals surface area contributed by atoms with Crippen LogP contribution in [0.5, 0.6) is 0 Å². The van der Waals surface area contributed by atoms with Gasteiger partial charge < -0.3 is 24.5 Å². The van der Waals surface area contributed by atoms with Gasteiger partial charge in [0.25, 0.3) is 0 Å². The third-order valence-corrected chi connectivity index (χ3v) is 10.7. The second-order valence-corrected chi connectivity index (χ2v) is 14.4. The smallest absolute Gasteiger partial charge is 0.0724 e. The predicted molar refractivity (Wildman–Crippen MR) is 156 cm³/mol. The van der Waals surface area contributed by atoms with Crippen LogP contribution in [0.1, 0.15) is 150 Å². The van der Waals surface area contributed by atoms with E-state index >= 15 is 0 Å². The second kappa shape index (κ2) is 27.5. The topological polar surface area (TPSA) is 89.5 Å². The molecular weight excluding hydrogens is 583 g/mol. The van der Waals surface area contributed by atoms with Crippen LogP contribution in [-0.4, -0.2) is 46.3 Å². The average molecular weight is 637 g/mol. The summed E-state index contributed by atoms with van der Waals surface area (Å²) in [5.41, 5.74) is -0.138. The Kier molecular flexibility index (Phi) is 26.7. The Hall–Kier alpha value is -1.08. The van der Waals surface area contributed by atoms with Gasteiger partial charge in [0.1, 0.15) is 0 Å². The Morgan fingerprint density at radius 1 is 0.658 bits per heavy atom. The summed E-state index contributed by atoms with van der Waals surface area (Å²) in [6.45, 7) is 8.06. The van der Waals surface area contributed by atoms with E-state index in [9.17, 15) is 19.8 Å². The molecule has 0 saturated carbocycles. The number of benzene rings is 1. The third-order valence-electron chi connectivity index (χ3n) is 6.62. The number of carbonyl (C=O) groups excluding carboxylic acids is 2. The van der Waals surface area contributed by atoms with Gasteiger partial charge in [0.2, 0.25) is 0 Å². The van der Waals surface area contributed by atoms with Crippen molar-refractivity contribution in [2.45, 2.75) is 139 Å². The van der Waals surface area contributed by atoms with Gasteiger partial charge in [-0.25, -0.2) is 0 Å². The van der Waals surface area contributed by atoms with E-state index in [-0.39, 0.29) is 32.3 Å². The van der Waals surface area contributed by atoms with Crippen LogP contribution < -0.4 is 10.2 Å². The summed E-state index contributed by atoms with van der Waals surface area (Å²) >= 11 is 0.0736. The molecule has 0 aliphatic heterocycles. The number of carboxylic acid groups (broad SMARTS) is 2. The van der Waals surface area contributed by atoms with Crippen molar-refractivity contribution in [2.75, 3.05) is 13.2 Å². The van der Waals surface area contributed by atoms with Gasteiger partial charge in [0.15, 0.2) is 0 Å². The SMILES string of the molecule is CCCCCCC[CH2][Sn+2][CH2]CCCCCCC.CCCCOCCCCc1cccc(C(=O)[O-])c1C(=O)[O-]. The van der Waals surface area contributed by atoms with E-state index in [1.54, 1.807) is 27.8 Å². The average Bonchev–Trinajstić information content (AvgIpc) is 2.91.